The van der Waals surface area contributed by atoms with E-state index in [0.717, 1.165) is 37.7 Å². The molecule has 0 saturated carbocycles. The standard InChI is InChI=1S/C52H56N2O13S.Na/c1-3-4-5-6-7-8-15-20-37(67-46(56)32-45(55)53-35-18-13-10-14-19-35)26-28-42(65-2)43(29-33-16-11-9-12-17-33)66-38-24-21-34(22-25-38)52(61)54-36-23-27-39-40(30-36)49(58)47-41(48(39)57)31-44(68(62,63)64)50(59)51(47)60;/h9-14,16-19,21-25,27,30-31,37,42-43,59-60H,3-8,15,20,26,28-29,32H2,1-2H3,(H,53,55)(H,54,61)(H,62,63,64);/q;+1/p-1. The zero-order valence-electron chi connectivity index (χ0n) is 38.9. The van der Waals surface area contributed by atoms with Crippen LogP contribution < -0.4 is 44.9 Å². The van der Waals surface area contributed by atoms with Crippen molar-refractivity contribution in [2.45, 2.75) is 107 Å². The number of phenolic OH excluding ortho intramolecular Hbond substituents is 2. The van der Waals surface area contributed by atoms with Crippen molar-refractivity contribution >= 4 is 50.8 Å². The van der Waals surface area contributed by atoms with Gasteiger partial charge in [-0.3, -0.25) is 24.0 Å². The van der Waals surface area contributed by atoms with Crippen LogP contribution in [0.5, 0.6) is 17.2 Å². The Labute approximate surface area is 424 Å². The van der Waals surface area contributed by atoms with Gasteiger partial charge in [0.1, 0.15) is 39.4 Å². The second-order valence-electron chi connectivity index (χ2n) is 16.7. The van der Waals surface area contributed by atoms with Crippen molar-refractivity contribution in [3.05, 3.63) is 143 Å². The van der Waals surface area contributed by atoms with E-state index < -0.39 is 91.7 Å². The summed E-state index contributed by atoms with van der Waals surface area (Å²) in [4.78, 5) is 64.8. The number of rotatable bonds is 24. The predicted octanol–water partition coefficient (Wildman–Crippen LogP) is 5.90. The van der Waals surface area contributed by atoms with Crippen LogP contribution in [0.1, 0.15) is 125 Å². The van der Waals surface area contributed by atoms with E-state index in [1.54, 1.807) is 55.6 Å². The van der Waals surface area contributed by atoms with E-state index in [0.29, 0.717) is 43.2 Å². The minimum absolute atomic E-state index is 0. The molecule has 5 aromatic carbocycles. The largest absolute Gasteiger partial charge is 1.00 e. The third-order valence-corrected chi connectivity index (χ3v) is 12.6. The summed E-state index contributed by atoms with van der Waals surface area (Å²) in [5, 5.41) is 26.1. The van der Waals surface area contributed by atoms with Crippen LogP contribution in [-0.4, -0.2) is 78.0 Å². The van der Waals surface area contributed by atoms with Gasteiger partial charge >= 0.3 is 35.5 Å². The first-order valence-corrected chi connectivity index (χ1v) is 24.0. The Morgan fingerprint density at radius 2 is 1.33 bits per heavy atom. The maximum atomic E-state index is 13.5. The molecular weight excluding hydrogens is 916 g/mol. The minimum atomic E-state index is -5.31. The molecule has 3 atom stereocenters. The SMILES string of the molecule is CCCCCCCCCC(CCC(OC)C(Cc1ccccc1)Oc1ccc(C(=O)Nc2ccc3c(c2)C(=O)c2c(cc(S(=O)(=O)[O-])c(O)c2O)C3=O)cc1)OC(=O)CC(=O)Nc1ccccc1.[Na+]. The topological polar surface area (TPSA) is 235 Å². The summed E-state index contributed by atoms with van der Waals surface area (Å²) < 4.78 is 53.6. The van der Waals surface area contributed by atoms with E-state index >= 15 is 0 Å². The third kappa shape index (κ3) is 14.8. The van der Waals surface area contributed by atoms with Crippen LogP contribution in [0.15, 0.2) is 114 Å². The number of para-hydroxylation sites is 1. The number of amides is 2. The number of aromatic hydroxyl groups is 2. The molecule has 6 rings (SSSR count). The molecule has 0 heterocycles. The van der Waals surface area contributed by atoms with Gasteiger partial charge in [0.25, 0.3) is 5.91 Å². The number of phenols is 2. The van der Waals surface area contributed by atoms with Gasteiger partial charge < -0.3 is 39.6 Å². The quantitative estimate of drug-likeness (QED) is 0.0138. The minimum Gasteiger partial charge on any atom is -0.744 e. The van der Waals surface area contributed by atoms with E-state index in [4.69, 9.17) is 14.2 Å². The number of hydrogen-bond acceptors (Lipinski definition) is 13. The fourth-order valence-electron chi connectivity index (χ4n) is 8.16. The van der Waals surface area contributed by atoms with Gasteiger partial charge in [0, 0.05) is 47.2 Å². The van der Waals surface area contributed by atoms with Crippen LogP contribution in [0.3, 0.4) is 0 Å². The van der Waals surface area contributed by atoms with E-state index in [-0.39, 0.29) is 51.9 Å². The molecule has 5 aromatic rings. The van der Waals surface area contributed by atoms with Gasteiger partial charge in [-0.2, -0.15) is 0 Å². The van der Waals surface area contributed by atoms with Crippen LogP contribution in [-0.2, 0) is 35.6 Å². The molecule has 1 aliphatic rings. The molecule has 1 aliphatic carbocycles. The van der Waals surface area contributed by atoms with E-state index in [9.17, 15) is 47.2 Å². The Hall–Kier alpha value is -5.88. The summed E-state index contributed by atoms with van der Waals surface area (Å²) in [5.74, 6) is -5.62. The van der Waals surface area contributed by atoms with E-state index in [1.165, 1.54) is 31.0 Å². The third-order valence-electron chi connectivity index (χ3n) is 11.7. The van der Waals surface area contributed by atoms with Crippen molar-refractivity contribution in [2.75, 3.05) is 17.7 Å². The van der Waals surface area contributed by atoms with Crippen molar-refractivity contribution in [2.24, 2.45) is 0 Å². The summed E-state index contributed by atoms with van der Waals surface area (Å²) in [6.07, 6.45) is 7.79. The first-order valence-electron chi connectivity index (χ1n) is 22.6. The van der Waals surface area contributed by atoms with Crippen molar-refractivity contribution in [3.8, 4) is 17.2 Å². The molecule has 0 bridgehead atoms. The number of ether oxygens (including phenoxy) is 3. The molecule has 0 spiro atoms. The molecule has 17 heteroatoms. The molecule has 0 radical (unpaired) electrons. The second kappa shape index (κ2) is 25.6. The first-order chi connectivity index (χ1) is 32.7. The number of carbonyl (C=O) groups excluding carboxylic acids is 5. The van der Waals surface area contributed by atoms with Gasteiger partial charge in [-0.05, 0) is 91.9 Å². The number of nitrogens with one attached hydrogen (secondary N) is 2. The Bertz CT molecular complexity index is 2700. The average Bonchev–Trinajstić information content (AvgIpc) is 3.31. The second-order valence-corrected chi connectivity index (χ2v) is 18.0. The number of hydrogen-bond donors (Lipinski definition) is 4. The summed E-state index contributed by atoms with van der Waals surface area (Å²) in [7, 11) is -3.72. The zero-order chi connectivity index (χ0) is 48.8. The average molecular weight is 971 g/mol. The molecule has 358 valence electrons. The van der Waals surface area contributed by atoms with Gasteiger partial charge in [0.15, 0.2) is 23.1 Å². The Morgan fingerprint density at radius 3 is 1.99 bits per heavy atom. The van der Waals surface area contributed by atoms with Gasteiger partial charge in [0.05, 0.1) is 11.7 Å². The van der Waals surface area contributed by atoms with Gasteiger partial charge in [-0.25, -0.2) is 8.42 Å². The molecule has 0 aliphatic heterocycles. The number of fused-ring (bicyclic) bond motifs is 2. The van der Waals surface area contributed by atoms with Crippen LogP contribution in [0.2, 0.25) is 0 Å². The molecule has 4 N–H and O–H groups in total. The van der Waals surface area contributed by atoms with Gasteiger partial charge in [0.2, 0.25) is 5.91 Å². The normalized spacial score (nSPS) is 13.2. The molecule has 69 heavy (non-hydrogen) atoms. The number of methoxy groups -OCH3 is 1. The smallest absolute Gasteiger partial charge is 0.744 e. The van der Waals surface area contributed by atoms with Crippen molar-refractivity contribution < 1.29 is 90.9 Å². The molecule has 0 fully saturated rings. The number of benzene rings is 5. The van der Waals surface area contributed by atoms with Crippen molar-refractivity contribution in [3.63, 3.8) is 0 Å². The Kier molecular flexibility index (Phi) is 20.1. The van der Waals surface area contributed by atoms with E-state index in [1.807, 2.05) is 36.4 Å². The zero-order valence-corrected chi connectivity index (χ0v) is 41.7. The Morgan fingerprint density at radius 1 is 0.681 bits per heavy atom. The number of carbonyl (C=O) groups is 5. The summed E-state index contributed by atoms with van der Waals surface area (Å²) in [6, 6.07) is 29.3. The maximum Gasteiger partial charge on any atom is 1.00 e. The van der Waals surface area contributed by atoms with Crippen LogP contribution in [0, 0.1) is 0 Å². The molecule has 0 aromatic heterocycles. The molecule has 3 unspecified atom stereocenters. The molecule has 2 amide bonds. The van der Waals surface area contributed by atoms with Crippen LogP contribution in [0.4, 0.5) is 11.4 Å². The molecular formula is C52H55N2NaO13S. The first kappa shape index (κ1) is 54.1. The van der Waals surface area contributed by atoms with Crippen LogP contribution >= 0.6 is 0 Å². The maximum absolute atomic E-state index is 13.5. The van der Waals surface area contributed by atoms with Gasteiger partial charge in [-0.1, -0.05) is 94.0 Å². The predicted molar refractivity (Wildman–Crippen MR) is 252 cm³/mol. The monoisotopic (exact) mass is 970 g/mol. The Balaban J connectivity index is 0.00000888. The fourth-order valence-corrected chi connectivity index (χ4v) is 8.76. The molecule has 0 saturated heterocycles. The fraction of sp³-hybridized carbons (Fsp3) is 0.327. The number of anilines is 2. The number of unbranched alkanes of at least 4 members (excludes halogenated alkanes) is 6. The van der Waals surface area contributed by atoms with Crippen LogP contribution in [0.25, 0.3) is 0 Å². The number of ketones is 2. The summed E-state index contributed by atoms with van der Waals surface area (Å²) >= 11 is 0. The number of esters is 1. The van der Waals surface area contributed by atoms with Gasteiger partial charge in [-0.15, -0.1) is 0 Å². The summed E-state index contributed by atoms with van der Waals surface area (Å²) in [6.45, 7) is 2.18. The van der Waals surface area contributed by atoms with Crippen molar-refractivity contribution in [1.29, 1.82) is 0 Å². The van der Waals surface area contributed by atoms with Crippen molar-refractivity contribution in [1.82, 2.24) is 0 Å². The summed E-state index contributed by atoms with van der Waals surface area (Å²) in [5.41, 5.74) is 0.246. The van der Waals surface area contributed by atoms with E-state index in [2.05, 4.69) is 17.6 Å². The molecule has 15 nitrogen and oxygen atoms in total.